The number of ether oxygens (including phenoxy) is 1. The quantitative estimate of drug-likeness (QED) is 0.451. The van der Waals surface area contributed by atoms with Crippen LogP contribution in [-0.4, -0.2) is 44.4 Å². The van der Waals surface area contributed by atoms with Crippen molar-refractivity contribution in [1.29, 1.82) is 0 Å². The third-order valence-corrected chi connectivity index (χ3v) is 7.60. The zero-order valence-electron chi connectivity index (χ0n) is 20.1. The summed E-state index contributed by atoms with van der Waals surface area (Å²) in [5, 5.41) is 9.13. The van der Waals surface area contributed by atoms with E-state index in [2.05, 4.69) is 18.3 Å². The van der Waals surface area contributed by atoms with Crippen molar-refractivity contribution in [2.45, 2.75) is 64.6 Å². The molecule has 0 saturated carbocycles. The van der Waals surface area contributed by atoms with Crippen molar-refractivity contribution >= 4 is 45.9 Å². The van der Waals surface area contributed by atoms with Gasteiger partial charge in [-0.1, -0.05) is 42.3 Å². The number of aromatic nitrogens is 4. The maximum absolute atomic E-state index is 12.5. The summed E-state index contributed by atoms with van der Waals surface area (Å²) in [6.07, 6.45) is 7.26. The van der Waals surface area contributed by atoms with Crippen molar-refractivity contribution < 1.29 is 9.53 Å². The Bertz CT molecular complexity index is 1300. The van der Waals surface area contributed by atoms with Crippen molar-refractivity contribution in [3.05, 3.63) is 57.5 Å². The maximum Gasteiger partial charge on any atom is 0.323 e. The lowest BCUT2D eigenvalue weighted by molar-refractivity contribution is -0.153. The molecule has 7 nitrogen and oxygen atoms in total. The second-order valence-electron chi connectivity index (χ2n) is 9.51. The van der Waals surface area contributed by atoms with Gasteiger partial charge in [0.2, 0.25) is 0 Å². The summed E-state index contributed by atoms with van der Waals surface area (Å²) in [4.78, 5) is 22.1. The third-order valence-electron chi connectivity index (χ3n) is 7.04. The van der Waals surface area contributed by atoms with E-state index in [-0.39, 0.29) is 30.1 Å². The van der Waals surface area contributed by atoms with Crippen LogP contribution in [0.25, 0.3) is 16.7 Å². The number of nitrogens with zero attached hydrogens (tertiary/aromatic N) is 4. The molecule has 2 aliphatic rings. The lowest BCUT2D eigenvalue weighted by atomic mass is 9.87. The highest BCUT2D eigenvalue weighted by molar-refractivity contribution is 6.35. The van der Waals surface area contributed by atoms with Crippen molar-refractivity contribution in [3.8, 4) is 0 Å². The predicted molar refractivity (Wildman–Crippen MR) is 138 cm³/mol. The number of carbonyl (C=O) groups excluding carboxylic acids is 1. The Balaban J connectivity index is 1.41. The number of allylic oxidation sites excluding steroid dienone is 1. The molecule has 1 saturated heterocycles. The van der Waals surface area contributed by atoms with Gasteiger partial charge < -0.3 is 10.1 Å². The number of aryl methyl sites for hydroxylation is 1. The van der Waals surface area contributed by atoms with Crippen molar-refractivity contribution in [1.82, 2.24) is 25.1 Å². The second kappa shape index (κ2) is 9.88. The summed E-state index contributed by atoms with van der Waals surface area (Å²) >= 11 is 12.6. The minimum atomic E-state index is -0.166. The Morgan fingerprint density at radius 1 is 1.29 bits per heavy atom. The average molecular weight is 514 g/mol. The highest BCUT2D eigenvalue weighted by Crippen LogP contribution is 2.34. The molecule has 0 bridgehead atoms. The Kier molecular flexibility index (Phi) is 6.84. The molecule has 35 heavy (non-hydrogen) atoms. The van der Waals surface area contributed by atoms with E-state index in [9.17, 15) is 4.79 Å². The first-order valence-corrected chi connectivity index (χ1v) is 12.9. The van der Waals surface area contributed by atoms with Crippen LogP contribution in [0.1, 0.15) is 62.5 Å². The van der Waals surface area contributed by atoms with E-state index in [4.69, 9.17) is 43.0 Å². The van der Waals surface area contributed by atoms with E-state index >= 15 is 0 Å². The fourth-order valence-corrected chi connectivity index (χ4v) is 5.58. The second-order valence-corrected chi connectivity index (χ2v) is 10.4. The van der Waals surface area contributed by atoms with Gasteiger partial charge >= 0.3 is 5.97 Å². The van der Waals surface area contributed by atoms with Crippen LogP contribution in [0, 0.1) is 12.8 Å². The fourth-order valence-electron chi connectivity index (χ4n) is 5.01. The van der Waals surface area contributed by atoms with Crippen molar-refractivity contribution in [3.63, 3.8) is 0 Å². The molecular weight excluding hydrogens is 485 g/mol. The molecule has 1 aliphatic carbocycles. The first-order valence-electron chi connectivity index (χ1n) is 12.1. The van der Waals surface area contributed by atoms with Crippen LogP contribution in [0.15, 0.2) is 30.5 Å². The molecule has 3 heterocycles. The normalized spacial score (nSPS) is 23.3. The molecule has 1 fully saturated rings. The highest BCUT2D eigenvalue weighted by atomic mass is 35.5. The number of fused-ring (bicyclic) bond motifs is 1. The molecule has 4 atom stereocenters. The summed E-state index contributed by atoms with van der Waals surface area (Å²) in [6, 6.07) is 5.18. The molecule has 1 aromatic carbocycles. The first-order chi connectivity index (χ1) is 16.8. The molecule has 3 aromatic rings. The number of halogens is 2. The molecule has 2 unspecified atom stereocenters. The van der Waals surface area contributed by atoms with E-state index in [0.29, 0.717) is 15.7 Å². The third kappa shape index (κ3) is 4.82. The number of hydrogen-bond acceptors (Lipinski definition) is 6. The van der Waals surface area contributed by atoms with Gasteiger partial charge in [0.15, 0.2) is 5.65 Å². The minimum absolute atomic E-state index is 0.0973. The number of carbonyl (C=O) groups is 1. The SMILES string of the molecule is Cc1nn([C@H](C)c2ccc(Cl)cc2Cl)c2nc(C3=CC(C)C(OC(=O)[C@@H]4CCCN4)CC3)cnc12. The van der Waals surface area contributed by atoms with Gasteiger partial charge in [-0.25, -0.2) is 14.6 Å². The van der Waals surface area contributed by atoms with Crippen LogP contribution in [0.4, 0.5) is 0 Å². The number of benzene rings is 1. The van der Waals surface area contributed by atoms with E-state index < -0.39 is 0 Å². The number of rotatable bonds is 5. The van der Waals surface area contributed by atoms with Crippen LogP contribution in [0.2, 0.25) is 10.0 Å². The molecule has 9 heteroatoms. The molecular formula is C26H29Cl2N5O2. The number of hydrogen-bond donors (Lipinski definition) is 1. The predicted octanol–water partition coefficient (Wildman–Crippen LogP) is 5.53. The molecule has 184 valence electrons. The zero-order valence-corrected chi connectivity index (χ0v) is 21.6. The Labute approximate surface area is 214 Å². The molecule has 1 N–H and O–H groups in total. The van der Waals surface area contributed by atoms with Crippen LogP contribution in [0.3, 0.4) is 0 Å². The molecule has 0 amide bonds. The lowest BCUT2D eigenvalue weighted by Gasteiger charge is -2.28. The fraction of sp³-hybridized carbons (Fsp3) is 0.462. The largest absolute Gasteiger partial charge is 0.461 e. The maximum atomic E-state index is 12.5. The van der Waals surface area contributed by atoms with E-state index in [1.54, 1.807) is 6.07 Å². The van der Waals surface area contributed by atoms with Crippen molar-refractivity contribution in [2.24, 2.45) is 5.92 Å². The van der Waals surface area contributed by atoms with Gasteiger partial charge in [0.05, 0.1) is 23.6 Å². The summed E-state index contributed by atoms with van der Waals surface area (Å²) in [7, 11) is 0. The van der Waals surface area contributed by atoms with Crippen LogP contribution >= 0.6 is 23.2 Å². The van der Waals surface area contributed by atoms with E-state index in [1.165, 1.54) is 0 Å². The van der Waals surface area contributed by atoms with Gasteiger partial charge in [0, 0.05) is 16.0 Å². The van der Waals surface area contributed by atoms with Gasteiger partial charge in [0.1, 0.15) is 17.7 Å². The summed E-state index contributed by atoms with van der Waals surface area (Å²) in [5.41, 5.74) is 5.15. The highest BCUT2D eigenvalue weighted by Gasteiger charge is 2.30. The van der Waals surface area contributed by atoms with Crippen molar-refractivity contribution in [2.75, 3.05) is 6.54 Å². The molecule has 0 spiro atoms. The summed E-state index contributed by atoms with van der Waals surface area (Å²) in [5.74, 6) is -0.0355. The standard InChI is InChI=1S/C26H29Cl2N5O2/c1-14-11-17(6-9-23(14)35-26(34)21-5-4-10-29-21)22-13-30-24-15(2)32-33(25(24)31-22)16(3)19-8-7-18(27)12-20(19)28/h7-8,11-14,16,21,23,29H,4-6,9-10H2,1-3H3/t14?,16-,21+,23?/m1/s1. The topological polar surface area (TPSA) is 81.9 Å². The molecule has 0 radical (unpaired) electrons. The van der Waals surface area contributed by atoms with E-state index in [1.807, 2.05) is 36.9 Å². The number of esters is 1. The Morgan fingerprint density at radius 3 is 2.83 bits per heavy atom. The average Bonchev–Trinajstić information content (AvgIpc) is 3.48. The van der Waals surface area contributed by atoms with Gasteiger partial charge in [-0.05, 0) is 69.3 Å². The lowest BCUT2D eigenvalue weighted by Crippen LogP contribution is -2.37. The first kappa shape index (κ1) is 24.2. The van der Waals surface area contributed by atoms with Gasteiger partial charge in [-0.15, -0.1) is 0 Å². The number of nitrogens with one attached hydrogen (secondary N) is 1. The molecule has 5 rings (SSSR count). The summed E-state index contributed by atoms with van der Waals surface area (Å²) < 4.78 is 7.72. The monoisotopic (exact) mass is 513 g/mol. The Hall–Kier alpha value is -2.48. The van der Waals surface area contributed by atoms with Crippen LogP contribution < -0.4 is 5.32 Å². The van der Waals surface area contributed by atoms with Gasteiger partial charge in [0.25, 0.3) is 0 Å². The molecule has 2 aromatic heterocycles. The smallest absolute Gasteiger partial charge is 0.323 e. The van der Waals surface area contributed by atoms with Crippen LogP contribution in [-0.2, 0) is 9.53 Å². The Morgan fingerprint density at radius 2 is 2.11 bits per heavy atom. The van der Waals surface area contributed by atoms with Gasteiger partial charge in [-0.3, -0.25) is 4.79 Å². The van der Waals surface area contributed by atoms with Crippen LogP contribution in [0.5, 0.6) is 0 Å². The molecule has 1 aliphatic heterocycles. The van der Waals surface area contributed by atoms with E-state index in [0.717, 1.165) is 60.3 Å². The minimum Gasteiger partial charge on any atom is -0.461 e. The van der Waals surface area contributed by atoms with Gasteiger partial charge in [-0.2, -0.15) is 5.10 Å². The zero-order chi connectivity index (χ0) is 24.7. The summed E-state index contributed by atoms with van der Waals surface area (Å²) in [6.45, 7) is 6.94.